The molecule has 0 saturated carbocycles. The minimum Gasteiger partial charge on any atom is -0.463 e. The molecule has 0 aliphatic heterocycles. The molecule has 0 spiro atoms. The highest BCUT2D eigenvalue weighted by molar-refractivity contribution is 5.65. The Balaban J connectivity index is -0.000000317. The summed E-state index contributed by atoms with van der Waals surface area (Å²) in [5.74, 6) is -0.356. The van der Waals surface area contributed by atoms with E-state index in [-0.39, 0.29) is 32.7 Å². The summed E-state index contributed by atoms with van der Waals surface area (Å²) >= 11 is 0. The molecule has 0 rings (SSSR count). The van der Waals surface area contributed by atoms with Gasteiger partial charge < -0.3 is 24.4 Å². The van der Waals surface area contributed by atoms with Crippen LogP contribution < -0.4 is 0 Å². The van der Waals surface area contributed by atoms with Crippen LogP contribution in [0.25, 0.3) is 0 Å². The van der Waals surface area contributed by atoms with E-state index in [9.17, 15) is 9.59 Å². The highest BCUT2D eigenvalue weighted by Gasteiger charge is 2.09. The molecule has 0 fully saturated rings. The van der Waals surface area contributed by atoms with Crippen molar-refractivity contribution in [2.45, 2.75) is 66.8 Å². The highest BCUT2D eigenvalue weighted by atomic mass is 16.7. The van der Waals surface area contributed by atoms with Gasteiger partial charge in [0.2, 0.25) is 0 Å². The molecule has 0 aliphatic rings. The number of carbonyl (C=O) groups is 2. The number of esters is 1. The summed E-state index contributed by atoms with van der Waals surface area (Å²) in [6, 6.07) is 0. The summed E-state index contributed by atoms with van der Waals surface area (Å²) in [6.45, 7) is 8.17. The molecule has 0 radical (unpaired) electrons. The SMILES string of the molecule is C.CC(=O)OCC(C)O.CCC(C)OC(=O)OCC(C)O. The molecule has 21 heavy (non-hydrogen) atoms. The lowest BCUT2D eigenvalue weighted by Gasteiger charge is -2.11. The van der Waals surface area contributed by atoms with Crippen molar-refractivity contribution in [2.75, 3.05) is 13.2 Å². The van der Waals surface area contributed by atoms with Crippen molar-refractivity contribution in [1.29, 1.82) is 0 Å². The van der Waals surface area contributed by atoms with E-state index < -0.39 is 18.4 Å². The zero-order valence-electron chi connectivity index (χ0n) is 12.8. The van der Waals surface area contributed by atoms with Gasteiger partial charge in [0.1, 0.15) is 19.3 Å². The fourth-order valence-corrected chi connectivity index (χ4v) is 0.708. The monoisotopic (exact) mass is 310 g/mol. The van der Waals surface area contributed by atoms with Crippen LogP contribution in [-0.4, -0.2) is 53.9 Å². The second-order valence-electron chi connectivity index (χ2n) is 4.40. The van der Waals surface area contributed by atoms with Crippen LogP contribution in [0.1, 0.15) is 48.5 Å². The van der Waals surface area contributed by atoms with Gasteiger partial charge in [0.25, 0.3) is 0 Å². The zero-order chi connectivity index (χ0) is 16.1. The molecule has 0 aromatic carbocycles. The zero-order valence-corrected chi connectivity index (χ0v) is 12.8. The minimum atomic E-state index is -0.717. The van der Waals surface area contributed by atoms with Crippen LogP contribution >= 0.6 is 0 Å². The average molecular weight is 310 g/mol. The maximum atomic E-state index is 10.8. The van der Waals surface area contributed by atoms with Crippen molar-refractivity contribution in [3.8, 4) is 0 Å². The van der Waals surface area contributed by atoms with Gasteiger partial charge in [-0.25, -0.2) is 4.79 Å². The Morgan fingerprint density at radius 2 is 1.43 bits per heavy atom. The molecular weight excluding hydrogens is 280 g/mol. The summed E-state index contributed by atoms with van der Waals surface area (Å²) in [7, 11) is 0. The molecular formula is C14H30O7. The normalized spacial score (nSPS) is 13.5. The van der Waals surface area contributed by atoms with Crippen LogP contribution in [0.3, 0.4) is 0 Å². The lowest BCUT2D eigenvalue weighted by atomic mass is 10.3. The Morgan fingerprint density at radius 3 is 1.71 bits per heavy atom. The first-order valence-electron chi connectivity index (χ1n) is 6.51. The van der Waals surface area contributed by atoms with Gasteiger partial charge in [0.15, 0.2) is 0 Å². The van der Waals surface area contributed by atoms with Crippen LogP contribution in [0, 0.1) is 0 Å². The number of carbonyl (C=O) groups excluding carboxylic acids is 2. The molecule has 7 heteroatoms. The van der Waals surface area contributed by atoms with Crippen molar-refractivity contribution < 1.29 is 34.0 Å². The molecule has 128 valence electrons. The average Bonchev–Trinajstić information content (AvgIpc) is 2.34. The van der Waals surface area contributed by atoms with Crippen molar-refractivity contribution in [3.05, 3.63) is 0 Å². The van der Waals surface area contributed by atoms with E-state index in [0.29, 0.717) is 0 Å². The lowest BCUT2D eigenvalue weighted by Crippen LogP contribution is -2.19. The van der Waals surface area contributed by atoms with E-state index in [1.807, 2.05) is 6.92 Å². The summed E-state index contributed by atoms with van der Waals surface area (Å²) in [5, 5.41) is 17.3. The highest BCUT2D eigenvalue weighted by Crippen LogP contribution is 1.98. The van der Waals surface area contributed by atoms with E-state index in [4.69, 9.17) is 14.9 Å². The molecule has 0 saturated heterocycles. The molecule has 0 aromatic rings. The topological polar surface area (TPSA) is 102 Å². The molecule has 0 heterocycles. The fourth-order valence-electron chi connectivity index (χ4n) is 0.708. The Hall–Kier alpha value is -1.34. The molecule has 0 aromatic heterocycles. The summed E-state index contributed by atoms with van der Waals surface area (Å²) in [4.78, 5) is 20.8. The summed E-state index contributed by atoms with van der Waals surface area (Å²) in [6.07, 6.45) is -1.30. The molecule has 7 nitrogen and oxygen atoms in total. The number of rotatable bonds is 6. The first-order chi connectivity index (χ1) is 9.18. The van der Waals surface area contributed by atoms with Crippen molar-refractivity contribution in [3.63, 3.8) is 0 Å². The first-order valence-corrected chi connectivity index (χ1v) is 6.51. The van der Waals surface area contributed by atoms with Crippen LogP contribution in [0.15, 0.2) is 0 Å². The van der Waals surface area contributed by atoms with E-state index in [1.54, 1.807) is 13.8 Å². The van der Waals surface area contributed by atoms with Crippen molar-refractivity contribution in [1.82, 2.24) is 0 Å². The smallest absolute Gasteiger partial charge is 0.463 e. The third kappa shape index (κ3) is 24.1. The van der Waals surface area contributed by atoms with E-state index in [2.05, 4.69) is 9.47 Å². The number of ether oxygens (including phenoxy) is 3. The van der Waals surface area contributed by atoms with E-state index in [0.717, 1.165) is 6.42 Å². The van der Waals surface area contributed by atoms with Gasteiger partial charge in [-0.3, -0.25) is 4.79 Å². The second-order valence-corrected chi connectivity index (χ2v) is 4.40. The Kier molecular flexibility index (Phi) is 17.7. The van der Waals surface area contributed by atoms with Gasteiger partial charge >= 0.3 is 12.1 Å². The molecule has 3 unspecified atom stereocenters. The van der Waals surface area contributed by atoms with Crippen LogP contribution in [0.4, 0.5) is 4.79 Å². The van der Waals surface area contributed by atoms with Crippen LogP contribution in [-0.2, 0) is 19.0 Å². The van der Waals surface area contributed by atoms with Crippen LogP contribution in [0.2, 0.25) is 0 Å². The lowest BCUT2D eigenvalue weighted by molar-refractivity contribution is -0.143. The van der Waals surface area contributed by atoms with Gasteiger partial charge in [0, 0.05) is 6.92 Å². The van der Waals surface area contributed by atoms with Gasteiger partial charge in [-0.2, -0.15) is 0 Å². The number of hydrogen-bond acceptors (Lipinski definition) is 7. The molecule has 0 amide bonds. The summed E-state index contributed by atoms with van der Waals surface area (Å²) in [5.41, 5.74) is 0. The van der Waals surface area contributed by atoms with Crippen LogP contribution in [0.5, 0.6) is 0 Å². The Morgan fingerprint density at radius 1 is 1.00 bits per heavy atom. The third-order valence-corrected chi connectivity index (χ3v) is 1.84. The second kappa shape index (κ2) is 15.1. The van der Waals surface area contributed by atoms with E-state index in [1.165, 1.54) is 13.8 Å². The maximum absolute atomic E-state index is 10.8. The predicted octanol–water partition coefficient (Wildman–Crippen LogP) is 1.89. The van der Waals surface area contributed by atoms with Crippen molar-refractivity contribution >= 4 is 12.1 Å². The minimum absolute atomic E-state index is 0. The standard InChI is InChI=1S/C8H16O4.C5H10O3.CH4/c1-4-7(3)12-8(10)11-5-6(2)9;1-4(6)3-8-5(2)7;/h6-7,9H,4-5H2,1-3H3;4,6H,3H2,1-2H3;1H4. The first kappa shape index (κ1) is 24.7. The molecule has 0 bridgehead atoms. The quantitative estimate of drug-likeness (QED) is 0.722. The fraction of sp³-hybridized carbons (Fsp3) is 0.857. The number of aliphatic hydroxyl groups excluding tert-OH is 2. The number of hydrogen-bond donors (Lipinski definition) is 2. The van der Waals surface area contributed by atoms with Gasteiger partial charge in [-0.1, -0.05) is 14.4 Å². The molecule has 2 N–H and O–H groups in total. The van der Waals surface area contributed by atoms with Gasteiger partial charge in [0.05, 0.1) is 12.2 Å². The molecule has 0 aliphatic carbocycles. The Bertz CT molecular complexity index is 264. The van der Waals surface area contributed by atoms with Crippen molar-refractivity contribution in [2.24, 2.45) is 0 Å². The largest absolute Gasteiger partial charge is 0.508 e. The molecule has 3 atom stereocenters. The van der Waals surface area contributed by atoms with E-state index >= 15 is 0 Å². The predicted molar refractivity (Wildman–Crippen MR) is 78.9 cm³/mol. The third-order valence-electron chi connectivity index (χ3n) is 1.84. The van der Waals surface area contributed by atoms with Gasteiger partial charge in [-0.05, 0) is 27.2 Å². The maximum Gasteiger partial charge on any atom is 0.508 e. The van der Waals surface area contributed by atoms with Gasteiger partial charge in [-0.15, -0.1) is 0 Å². The Labute approximate surface area is 127 Å². The number of aliphatic hydroxyl groups is 2. The summed E-state index contributed by atoms with van der Waals surface area (Å²) < 4.78 is 13.8.